The maximum absolute atomic E-state index is 13.5. The van der Waals surface area contributed by atoms with Gasteiger partial charge in [-0.05, 0) is 31.0 Å². The average molecular weight is 423 g/mol. The molecular formula is C20H20F3N3O4. The minimum Gasteiger partial charge on any atom is -0.444 e. The van der Waals surface area contributed by atoms with Crippen molar-refractivity contribution >= 4 is 17.9 Å². The van der Waals surface area contributed by atoms with Gasteiger partial charge in [-0.2, -0.15) is 0 Å². The van der Waals surface area contributed by atoms with Crippen LogP contribution in [0.3, 0.4) is 0 Å². The van der Waals surface area contributed by atoms with E-state index in [2.05, 4.69) is 5.16 Å². The van der Waals surface area contributed by atoms with Crippen LogP contribution in [-0.2, 0) is 28.9 Å². The van der Waals surface area contributed by atoms with Crippen LogP contribution in [-0.4, -0.2) is 40.7 Å². The number of halogens is 3. The number of carbonyl (C=O) groups excluding carboxylic acids is 2. The van der Waals surface area contributed by atoms with E-state index in [1.165, 1.54) is 9.80 Å². The van der Waals surface area contributed by atoms with E-state index in [1.54, 1.807) is 0 Å². The van der Waals surface area contributed by atoms with Crippen LogP contribution in [0.5, 0.6) is 0 Å². The molecule has 2 atom stereocenters. The quantitative estimate of drug-likeness (QED) is 0.705. The van der Waals surface area contributed by atoms with Crippen LogP contribution < -0.4 is 4.90 Å². The number of anilines is 1. The van der Waals surface area contributed by atoms with Crippen molar-refractivity contribution in [2.24, 2.45) is 0 Å². The lowest BCUT2D eigenvalue weighted by Crippen LogP contribution is -2.43. The van der Waals surface area contributed by atoms with Gasteiger partial charge in [-0.15, -0.1) is 0 Å². The van der Waals surface area contributed by atoms with Gasteiger partial charge in [0, 0.05) is 12.5 Å². The molecule has 1 aromatic carbocycles. The molecule has 0 aliphatic carbocycles. The molecule has 0 bridgehead atoms. The molecule has 2 aromatic rings. The predicted octanol–water partition coefficient (Wildman–Crippen LogP) is 3.34. The molecule has 0 N–H and O–H groups in total. The first-order chi connectivity index (χ1) is 14.3. The molecule has 2 aliphatic rings. The van der Waals surface area contributed by atoms with Crippen LogP contribution in [0.15, 0.2) is 16.7 Å². The van der Waals surface area contributed by atoms with E-state index in [-0.39, 0.29) is 42.5 Å². The third-order valence-corrected chi connectivity index (χ3v) is 5.49. The molecule has 7 nitrogen and oxygen atoms in total. The van der Waals surface area contributed by atoms with Gasteiger partial charge in [0.05, 0.1) is 30.8 Å². The van der Waals surface area contributed by atoms with Gasteiger partial charge in [-0.25, -0.2) is 22.9 Å². The van der Waals surface area contributed by atoms with E-state index in [9.17, 15) is 22.8 Å². The Bertz CT molecular complexity index is 986. The highest BCUT2D eigenvalue weighted by molar-refractivity contribution is 5.89. The number of nitrogens with zero attached hydrogens (tertiary/aromatic N) is 3. The van der Waals surface area contributed by atoms with Crippen LogP contribution in [0.2, 0.25) is 0 Å². The summed E-state index contributed by atoms with van der Waals surface area (Å²) in [5.74, 6) is -4.40. The lowest BCUT2D eigenvalue weighted by atomic mass is 9.99. The largest absolute Gasteiger partial charge is 0.444 e. The molecule has 0 saturated carbocycles. The summed E-state index contributed by atoms with van der Waals surface area (Å²) in [6, 6.07) is 1.38. The molecule has 0 spiro atoms. The van der Waals surface area contributed by atoms with E-state index in [0.717, 1.165) is 12.1 Å². The first-order valence-corrected chi connectivity index (χ1v) is 9.66. The number of rotatable bonds is 4. The summed E-state index contributed by atoms with van der Waals surface area (Å²) < 4.78 is 50.8. The first kappa shape index (κ1) is 20.2. The lowest BCUT2D eigenvalue weighted by molar-refractivity contribution is -0.133. The molecule has 4 rings (SSSR count). The summed E-state index contributed by atoms with van der Waals surface area (Å²) in [7, 11) is 0. The number of carbonyl (C=O) groups is 2. The zero-order valence-electron chi connectivity index (χ0n) is 16.5. The third-order valence-electron chi connectivity index (χ3n) is 5.49. The lowest BCUT2D eigenvalue weighted by Gasteiger charge is -2.33. The fourth-order valence-corrected chi connectivity index (χ4v) is 3.80. The summed E-state index contributed by atoms with van der Waals surface area (Å²) in [6.07, 6.45) is -0.0174. The number of fused-ring (bicyclic) bond motifs is 1. The zero-order chi connectivity index (χ0) is 21.6. The van der Waals surface area contributed by atoms with Crippen LogP contribution in [0, 0.1) is 17.5 Å². The Hall–Kier alpha value is -3.04. The molecule has 30 heavy (non-hydrogen) atoms. The van der Waals surface area contributed by atoms with Crippen molar-refractivity contribution in [2.45, 2.75) is 51.8 Å². The number of cyclic esters (lactones) is 1. The van der Waals surface area contributed by atoms with Crippen molar-refractivity contribution in [3.05, 3.63) is 46.4 Å². The Balaban J connectivity index is 1.55. The second-order valence-corrected chi connectivity index (χ2v) is 7.56. The predicted molar refractivity (Wildman–Crippen MR) is 98.1 cm³/mol. The van der Waals surface area contributed by atoms with Crippen molar-refractivity contribution < 1.29 is 32.0 Å². The molecule has 3 heterocycles. The third kappa shape index (κ3) is 3.50. The molecule has 0 radical (unpaired) electrons. The van der Waals surface area contributed by atoms with E-state index < -0.39 is 23.5 Å². The summed E-state index contributed by atoms with van der Waals surface area (Å²) in [5, 5.41) is 4.04. The van der Waals surface area contributed by atoms with Gasteiger partial charge in [-0.3, -0.25) is 4.79 Å². The van der Waals surface area contributed by atoms with Gasteiger partial charge >= 0.3 is 6.09 Å². The Morgan fingerprint density at radius 1 is 1.27 bits per heavy atom. The summed E-state index contributed by atoms with van der Waals surface area (Å²) in [6.45, 7) is 4.17. The Kier molecular flexibility index (Phi) is 5.17. The molecule has 1 aromatic heterocycles. The fourth-order valence-electron chi connectivity index (χ4n) is 3.80. The normalized spacial score (nSPS) is 21.0. The second kappa shape index (κ2) is 7.66. The molecule has 1 saturated heterocycles. The van der Waals surface area contributed by atoms with Crippen molar-refractivity contribution in [2.75, 3.05) is 11.4 Å². The minimum atomic E-state index is -1.57. The number of aromatic nitrogens is 1. The highest BCUT2D eigenvalue weighted by Gasteiger charge is 2.39. The molecule has 2 aliphatic heterocycles. The van der Waals surface area contributed by atoms with Crippen LogP contribution in [0.25, 0.3) is 0 Å². The van der Waals surface area contributed by atoms with Crippen LogP contribution in [0.1, 0.15) is 37.1 Å². The maximum Gasteiger partial charge on any atom is 0.417 e. The molecular weight excluding hydrogens is 403 g/mol. The summed E-state index contributed by atoms with van der Waals surface area (Å²) in [5.41, 5.74) is 1.29. The first-order valence-electron chi connectivity index (χ1n) is 9.66. The standard InChI is InChI=1S/C20H20F3N3O4/c1-3-12-8-26(20(28)29-12)19-13-9-25(10(2)4-16(13)24-30-19)17(27)7-11-5-14(21)18(23)15(22)6-11/h5-6,10,12H,3-4,7-9H2,1-2H3/t10-,12+/m0/s1. The Labute approximate surface area is 170 Å². The Morgan fingerprint density at radius 2 is 1.97 bits per heavy atom. The number of hydrogen-bond acceptors (Lipinski definition) is 5. The number of ether oxygens (including phenoxy) is 1. The van der Waals surface area contributed by atoms with E-state index in [1.807, 2.05) is 13.8 Å². The van der Waals surface area contributed by atoms with Crippen LogP contribution >= 0.6 is 0 Å². The summed E-state index contributed by atoms with van der Waals surface area (Å²) in [4.78, 5) is 27.9. The average Bonchev–Trinajstić information content (AvgIpc) is 3.27. The van der Waals surface area contributed by atoms with Gasteiger partial charge in [0.15, 0.2) is 17.5 Å². The molecule has 2 amide bonds. The Morgan fingerprint density at radius 3 is 2.60 bits per heavy atom. The smallest absolute Gasteiger partial charge is 0.417 e. The van der Waals surface area contributed by atoms with Gasteiger partial charge in [-0.1, -0.05) is 12.1 Å². The molecule has 160 valence electrons. The van der Waals surface area contributed by atoms with Crippen molar-refractivity contribution in [1.29, 1.82) is 0 Å². The number of hydrogen-bond donors (Lipinski definition) is 0. The topological polar surface area (TPSA) is 75.9 Å². The van der Waals surface area contributed by atoms with Gasteiger partial charge < -0.3 is 14.2 Å². The van der Waals surface area contributed by atoms with Crippen molar-refractivity contribution in [3.63, 3.8) is 0 Å². The molecule has 0 unspecified atom stereocenters. The van der Waals surface area contributed by atoms with Crippen molar-refractivity contribution in [3.8, 4) is 0 Å². The zero-order valence-corrected chi connectivity index (χ0v) is 16.5. The van der Waals surface area contributed by atoms with Crippen molar-refractivity contribution in [1.82, 2.24) is 10.1 Å². The molecule has 10 heteroatoms. The summed E-state index contributed by atoms with van der Waals surface area (Å²) >= 11 is 0. The molecule has 1 fully saturated rings. The monoisotopic (exact) mass is 423 g/mol. The second-order valence-electron chi connectivity index (χ2n) is 7.56. The highest BCUT2D eigenvalue weighted by Crippen LogP contribution is 2.34. The fraction of sp³-hybridized carbons (Fsp3) is 0.450. The van der Waals surface area contributed by atoms with Gasteiger partial charge in [0.25, 0.3) is 0 Å². The SMILES string of the molecule is CC[C@@H]1CN(c2onc3c2CN(C(=O)Cc2cc(F)c(F)c(F)c2)[C@@H](C)C3)C(=O)O1. The van der Waals surface area contributed by atoms with Crippen LogP contribution in [0.4, 0.5) is 23.8 Å². The maximum atomic E-state index is 13.5. The van der Waals surface area contributed by atoms with Gasteiger partial charge in [0.2, 0.25) is 11.8 Å². The minimum absolute atomic E-state index is 0.0360. The number of amides is 2. The van der Waals surface area contributed by atoms with E-state index in [4.69, 9.17) is 9.26 Å². The van der Waals surface area contributed by atoms with E-state index >= 15 is 0 Å². The highest BCUT2D eigenvalue weighted by atomic mass is 19.2. The number of benzene rings is 1. The van der Waals surface area contributed by atoms with Gasteiger partial charge in [0.1, 0.15) is 6.10 Å². The van der Waals surface area contributed by atoms with E-state index in [0.29, 0.717) is 30.6 Å².